The van der Waals surface area contributed by atoms with Gasteiger partial charge in [0.05, 0.1) is 0 Å². The summed E-state index contributed by atoms with van der Waals surface area (Å²) in [4.78, 5) is 11.4. The number of nitrogens with one attached hydrogen (secondary N) is 1. The van der Waals surface area contributed by atoms with Crippen molar-refractivity contribution in [2.75, 3.05) is 13.1 Å². The van der Waals surface area contributed by atoms with Crippen LogP contribution in [0.2, 0.25) is 0 Å². The Kier molecular flexibility index (Phi) is 5.69. The smallest absolute Gasteiger partial charge is 0.220 e. The molecule has 2 unspecified atom stereocenters. The van der Waals surface area contributed by atoms with Crippen LogP contribution in [0, 0.1) is 11.8 Å². The SMILES string of the molecule is CC1CCC(CNC(=O)CCCCN)C1. The van der Waals surface area contributed by atoms with Crippen LogP contribution in [0.25, 0.3) is 0 Å². The van der Waals surface area contributed by atoms with Crippen molar-refractivity contribution >= 4 is 5.91 Å². The predicted molar refractivity (Wildman–Crippen MR) is 62.4 cm³/mol. The van der Waals surface area contributed by atoms with Gasteiger partial charge in [-0.25, -0.2) is 0 Å². The molecule has 88 valence electrons. The third kappa shape index (κ3) is 5.17. The molecule has 0 heterocycles. The second kappa shape index (κ2) is 6.83. The molecule has 0 saturated heterocycles. The molecule has 0 radical (unpaired) electrons. The minimum atomic E-state index is 0.197. The van der Waals surface area contributed by atoms with Crippen molar-refractivity contribution in [3.05, 3.63) is 0 Å². The number of rotatable bonds is 6. The number of amides is 1. The van der Waals surface area contributed by atoms with Crippen LogP contribution in [0.5, 0.6) is 0 Å². The van der Waals surface area contributed by atoms with E-state index >= 15 is 0 Å². The summed E-state index contributed by atoms with van der Waals surface area (Å²) >= 11 is 0. The van der Waals surface area contributed by atoms with Crippen molar-refractivity contribution < 1.29 is 4.79 Å². The van der Waals surface area contributed by atoms with Gasteiger partial charge in [0.1, 0.15) is 0 Å². The molecule has 2 atom stereocenters. The molecule has 3 N–H and O–H groups in total. The lowest BCUT2D eigenvalue weighted by atomic mass is 10.1. The normalized spacial score (nSPS) is 25.5. The van der Waals surface area contributed by atoms with E-state index in [4.69, 9.17) is 5.73 Å². The van der Waals surface area contributed by atoms with Gasteiger partial charge in [0.2, 0.25) is 5.91 Å². The fourth-order valence-corrected chi connectivity index (χ4v) is 2.29. The summed E-state index contributed by atoms with van der Waals surface area (Å²) < 4.78 is 0. The molecule has 0 aliphatic heterocycles. The third-order valence-corrected chi connectivity index (χ3v) is 3.25. The largest absolute Gasteiger partial charge is 0.356 e. The van der Waals surface area contributed by atoms with E-state index in [1.807, 2.05) is 0 Å². The Labute approximate surface area is 92.8 Å². The van der Waals surface area contributed by atoms with Crippen molar-refractivity contribution in [1.29, 1.82) is 0 Å². The zero-order valence-electron chi connectivity index (χ0n) is 9.80. The average Bonchev–Trinajstić information content (AvgIpc) is 2.62. The Bertz CT molecular complexity index is 194. The number of hydrogen-bond donors (Lipinski definition) is 2. The lowest BCUT2D eigenvalue weighted by Gasteiger charge is -2.10. The first-order chi connectivity index (χ1) is 7.22. The predicted octanol–water partition coefficient (Wildman–Crippen LogP) is 1.67. The second-order valence-electron chi connectivity index (χ2n) is 4.83. The van der Waals surface area contributed by atoms with Crippen LogP contribution in [0.15, 0.2) is 0 Å². The second-order valence-corrected chi connectivity index (χ2v) is 4.83. The van der Waals surface area contributed by atoms with Crippen LogP contribution in [0.1, 0.15) is 45.4 Å². The molecule has 3 nitrogen and oxygen atoms in total. The zero-order valence-corrected chi connectivity index (χ0v) is 9.80. The molecular weight excluding hydrogens is 188 g/mol. The fourth-order valence-electron chi connectivity index (χ4n) is 2.29. The van der Waals surface area contributed by atoms with Gasteiger partial charge in [0.15, 0.2) is 0 Å². The lowest BCUT2D eigenvalue weighted by Crippen LogP contribution is -2.28. The number of unbranched alkanes of at least 4 members (excludes halogenated alkanes) is 1. The monoisotopic (exact) mass is 212 g/mol. The summed E-state index contributed by atoms with van der Waals surface area (Å²) in [5.74, 6) is 1.77. The van der Waals surface area contributed by atoms with E-state index in [1.54, 1.807) is 0 Å². The van der Waals surface area contributed by atoms with Crippen molar-refractivity contribution in [3.63, 3.8) is 0 Å². The van der Waals surface area contributed by atoms with Crippen molar-refractivity contribution in [1.82, 2.24) is 5.32 Å². The summed E-state index contributed by atoms with van der Waals surface area (Å²) in [5.41, 5.74) is 5.37. The molecule has 0 aromatic heterocycles. The molecule has 0 aromatic rings. The van der Waals surface area contributed by atoms with Gasteiger partial charge in [0, 0.05) is 13.0 Å². The van der Waals surface area contributed by atoms with Crippen LogP contribution in [-0.2, 0) is 4.79 Å². The first-order valence-corrected chi connectivity index (χ1v) is 6.19. The highest BCUT2D eigenvalue weighted by atomic mass is 16.1. The Morgan fingerprint density at radius 1 is 1.40 bits per heavy atom. The van der Waals surface area contributed by atoms with E-state index in [9.17, 15) is 4.79 Å². The van der Waals surface area contributed by atoms with E-state index in [0.717, 1.165) is 31.2 Å². The van der Waals surface area contributed by atoms with Crippen molar-refractivity contribution in [2.24, 2.45) is 17.6 Å². The van der Waals surface area contributed by atoms with Gasteiger partial charge >= 0.3 is 0 Å². The maximum atomic E-state index is 11.4. The molecular formula is C12H24N2O. The van der Waals surface area contributed by atoms with Gasteiger partial charge in [-0.1, -0.05) is 13.3 Å². The van der Waals surface area contributed by atoms with Gasteiger partial charge in [-0.15, -0.1) is 0 Å². The number of nitrogens with two attached hydrogens (primary N) is 1. The van der Waals surface area contributed by atoms with Crippen LogP contribution >= 0.6 is 0 Å². The molecule has 1 amide bonds. The molecule has 1 aliphatic carbocycles. The standard InChI is InChI=1S/C12H24N2O/c1-10-5-6-11(8-10)9-14-12(15)4-2-3-7-13/h10-11H,2-9,13H2,1H3,(H,14,15). The minimum absolute atomic E-state index is 0.197. The quantitative estimate of drug-likeness (QED) is 0.658. The topological polar surface area (TPSA) is 55.1 Å². The highest BCUT2D eigenvalue weighted by Gasteiger charge is 2.21. The summed E-state index contributed by atoms with van der Waals surface area (Å²) in [7, 11) is 0. The first kappa shape index (κ1) is 12.5. The first-order valence-electron chi connectivity index (χ1n) is 6.19. The third-order valence-electron chi connectivity index (χ3n) is 3.25. The van der Waals surface area contributed by atoms with Gasteiger partial charge in [-0.05, 0) is 44.1 Å². The van der Waals surface area contributed by atoms with Gasteiger partial charge in [0.25, 0.3) is 0 Å². The minimum Gasteiger partial charge on any atom is -0.356 e. The molecule has 1 fully saturated rings. The zero-order chi connectivity index (χ0) is 11.1. The van der Waals surface area contributed by atoms with Crippen LogP contribution < -0.4 is 11.1 Å². The molecule has 1 aliphatic rings. The van der Waals surface area contributed by atoms with Gasteiger partial charge < -0.3 is 11.1 Å². The molecule has 15 heavy (non-hydrogen) atoms. The molecule has 3 heteroatoms. The maximum absolute atomic E-state index is 11.4. The van der Waals surface area contributed by atoms with Gasteiger partial charge in [-0.2, -0.15) is 0 Å². The Balaban J connectivity index is 2.01. The highest BCUT2D eigenvalue weighted by molar-refractivity contribution is 5.75. The Morgan fingerprint density at radius 2 is 2.20 bits per heavy atom. The summed E-state index contributed by atoms with van der Waals surface area (Å²) in [6.07, 6.45) is 6.40. The number of hydrogen-bond acceptors (Lipinski definition) is 2. The number of carbonyl (C=O) groups is 1. The highest BCUT2D eigenvalue weighted by Crippen LogP contribution is 2.29. The average molecular weight is 212 g/mol. The molecule has 1 saturated carbocycles. The van der Waals surface area contributed by atoms with E-state index in [-0.39, 0.29) is 5.91 Å². The Hall–Kier alpha value is -0.570. The molecule has 1 rings (SSSR count). The van der Waals surface area contributed by atoms with Crippen LogP contribution in [-0.4, -0.2) is 19.0 Å². The number of carbonyl (C=O) groups excluding carboxylic acids is 1. The van der Waals surface area contributed by atoms with E-state index in [0.29, 0.717) is 13.0 Å². The Morgan fingerprint density at radius 3 is 2.80 bits per heavy atom. The van der Waals surface area contributed by atoms with Crippen molar-refractivity contribution in [3.8, 4) is 0 Å². The summed E-state index contributed by atoms with van der Waals surface area (Å²) in [6.45, 7) is 3.86. The van der Waals surface area contributed by atoms with Crippen molar-refractivity contribution in [2.45, 2.75) is 45.4 Å². The lowest BCUT2D eigenvalue weighted by molar-refractivity contribution is -0.121. The molecule has 0 bridgehead atoms. The maximum Gasteiger partial charge on any atom is 0.220 e. The van der Waals surface area contributed by atoms with Gasteiger partial charge in [-0.3, -0.25) is 4.79 Å². The van der Waals surface area contributed by atoms with E-state index in [1.165, 1.54) is 19.3 Å². The molecule has 0 spiro atoms. The van der Waals surface area contributed by atoms with Crippen LogP contribution in [0.3, 0.4) is 0 Å². The molecule has 0 aromatic carbocycles. The summed E-state index contributed by atoms with van der Waals surface area (Å²) in [5, 5.41) is 3.02. The summed E-state index contributed by atoms with van der Waals surface area (Å²) in [6, 6.07) is 0. The fraction of sp³-hybridized carbons (Fsp3) is 0.917. The van der Waals surface area contributed by atoms with E-state index in [2.05, 4.69) is 12.2 Å². The van der Waals surface area contributed by atoms with E-state index < -0.39 is 0 Å². The van der Waals surface area contributed by atoms with Crippen LogP contribution in [0.4, 0.5) is 0 Å².